The first-order valence-electron chi connectivity index (χ1n) is 5.76. The molecule has 0 unspecified atom stereocenters. The summed E-state index contributed by atoms with van der Waals surface area (Å²) in [5.41, 5.74) is 0.575. The maximum Gasteiger partial charge on any atom is 0.201 e. The molecule has 0 fully saturated rings. The van der Waals surface area contributed by atoms with Crippen molar-refractivity contribution in [2.75, 3.05) is 6.61 Å². The fourth-order valence-corrected chi connectivity index (χ4v) is 3.25. The molecule has 20 heavy (non-hydrogen) atoms. The van der Waals surface area contributed by atoms with Gasteiger partial charge in [-0.3, -0.25) is 4.79 Å². The molecule has 6 heteroatoms. The number of aryl methyl sites for hydroxylation is 2. The van der Waals surface area contributed by atoms with Crippen LogP contribution in [-0.2, 0) is 0 Å². The summed E-state index contributed by atoms with van der Waals surface area (Å²) in [6.45, 7) is 3.46. The van der Waals surface area contributed by atoms with Crippen LogP contribution in [0.15, 0.2) is 22.7 Å². The van der Waals surface area contributed by atoms with Crippen molar-refractivity contribution in [3.05, 3.63) is 49.6 Å². The predicted octanol–water partition coefficient (Wildman–Crippen LogP) is 4.67. The molecule has 0 N–H and O–H groups in total. The first kappa shape index (κ1) is 15.1. The van der Waals surface area contributed by atoms with Gasteiger partial charge in [0.1, 0.15) is 5.82 Å². The average molecular weight is 361 g/mol. The molecule has 0 bridgehead atoms. The maximum atomic E-state index is 13.5. The summed E-state index contributed by atoms with van der Waals surface area (Å²) < 4.78 is 31.8. The van der Waals surface area contributed by atoms with Gasteiger partial charge >= 0.3 is 0 Å². The van der Waals surface area contributed by atoms with Crippen molar-refractivity contribution >= 4 is 33.0 Å². The van der Waals surface area contributed by atoms with Crippen LogP contribution in [0.2, 0.25) is 0 Å². The highest BCUT2D eigenvalue weighted by Gasteiger charge is 2.16. The van der Waals surface area contributed by atoms with Crippen LogP contribution in [0.4, 0.5) is 8.78 Å². The topological polar surface area (TPSA) is 26.3 Å². The minimum atomic E-state index is -0.845. The fourth-order valence-electron chi connectivity index (χ4n) is 1.79. The summed E-state index contributed by atoms with van der Waals surface area (Å²) in [4.78, 5) is 13.9. The summed E-state index contributed by atoms with van der Waals surface area (Å²) in [6, 6.07) is 3.58. The minimum absolute atomic E-state index is 0.140. The smallest absolute Gasteiger partial charge is 0.201 e. The standard InChI is InChI=1S/C14H11BrF2O2S/c1-7-3-10(8(2)20-7)13(18)6-19-14-11(15)4-9(16)5-12(14)17/h3-5H,6H2,1-2H3. The normalized spacial score (nSPS) is 10.7. The number of ketones is 1. The van der Waals surface area contributed by atoms with Crippen molar-refractivity contribution in [3.8, 4) is 5.75 Å². The number of halogens is 3. The number of carbonyl (C=O) groups is 1. The summed E-state index contributed by atoms with van der Waals surface area (Å²) >= 11 is 4.53. The predicted molar refractivity (Wildman–Crippen MR) is 77.7 cm³/mol. The van der Waals surface area contributed by atoms with Gasteiger partial charge in [0, 0.05) is 21.4 Å². The van der Waals surface area contributed by atoms with Crippen LogP contribution in [0.3, 0.4) is 0 Å². The molecule has 0 spiro atoms. The van der Waals surface area contributed by atoms with Gasteiger partial charge in [0.15, 0.2) is 18.2 Å². The van der Waals surface area contributed by atoms with E-state index in [0.717, 1.165) is 15.8 Å². The number of Topliss-reactive ketones (excluding diaryl/α,β-unsaturated/α-hetero) is 1. The zero-order chi connectivity index (χ0) is 14.9. The van der Waals surface area contributed by atoms with Crippen LogP contribution < -0.4 is 4.74 Å². The first-order valence-corrected chi connectivity index (χ1v) is 7.37. The van der Waals surface area contributed by atoms with Crippen LogP contribution in [0, 0.1) is 25.5 Å². The number of hydrogen-bond acceptors (Lipinski definition) is 3. The lowest BCUT2D eigenvalue weighted by molar-refractivity contribution is 0.0918. The number of rotatable bonds is 4. The highest BCUT2D eigenvalue weighted by molar-refractivity contribution is 9.10. The Bertz CT molecular complexity index is 644. The van der Waals surface area contributed by atoms with Crippen LogP contribution >= 0.6 is 27.3 Å². The van der Waals surface area contributed by atoms with Crippen LogP contribution in [-0.4, -0.2) is 12.4 Å². The second kappa shape index (κ2) is 6.01. The molecule has 0 radical (unpaired) electrons. The summed E-state index contributed by atoms with van der Waals surface area (Å²) in [7, 11) is 0. The molecular formula is C14H11BrF2O2S. The van der Waals surface area contributed by atoms with E-state index in [2.05, 4.69) is 15.9 Å². The van der Waals surface area contributed by atoms with Gasteiger partial charge in [-0.15, -0.1) is 11.3 Å². The first-order chi connectivity index (χ1) is 9.38. The van der Waals surface area contributed by atoms with Gasteiger partial charge in [-0.25, -0.2) is 8.78 Å². The van der Waals surface area contributed by atoms with Gasteiger partial charge in [-0.1, -0.05) is 0 Å². The van der Waals surface area contributed by atoms with Gasteiger partial charge < -0.3 is 4.74 Å². The minimum Gasteiger partial charge on any atom is -0.481 e. The second-order valence-electron chi connectivity index (χ2n) is 4.24. The third-order valence-corrected chi connectivity index (χ3v) is 4.21. The van der Waals surface area contributed by atoms with E-state index in [-0.39, 0.29) is 22.6 Å². The molecule has 2 nitrogen and oxygen atoms in total. The lowest BCUT2D eigenvalue weighted by Crippen LogP contribution is -2.12. The molecule has 0 aliphatic heterocycles. The van der Waals surface area contributed by atoms with E-state index in [9.17, 15) is 13.6 Å². The molecule has 1 aromatic heterocycles. The van der Waals surface area contributed by atoms with Crippen LogP contribution in [0.5, 0.6) is 5.75 Å². The molecule has 1 aromatic carbocycles. The van der Waals surface area contributed by atoms with E-state index in [0.29, 0.717) is 11.6 Å². The Kier molecular flexibility index (Phi) is 4.55. The SMILES string of the molecule is Cc1cc(C(=O)COc2c(F)cc(F)cc2Br)c(C)s1. The van der Waals surface area contributed by atoms with Crippen molar-refractivity contribution in [2.45, 2.75) is 13.8 Å². The molecule has 0 atom stereocenters. The fraction of sp³-hybridized carbons (Fsp3) is 0.214. The highest BCUT2D eigenvalue weighted by atomic mass is 79.9. The molecule has 2 rings (SSSR count). The van der Waals surface area contributed by atoms with Crippen molar-refractivity contribution in [2.24, 2.45) is 0 Å². The van der Waals surface area contributed by atoms with Gasteiger partial charge in [0.05, 0.1) is 4.47 Å². The van der Waals surface area contributed by atoms with E-state index in [1.165, 1.54) is 11.3 Å². The lowest BCUT2D eigenvalue weighted by atomic mass is 10.2. The molecule has 106 valence electrons. The van der Waals surface area contributed by atoms with E-state index >= 15 is 0 Å². The number of carbonyl (C=O) groups excluding carboxylic acids is 1. The average Bonchev–Trinajstić information content (AvgIpc) is 2.66. The summed E-state index contributed by atoms with van der Waals surface area (Å²) in [5.74, 6) is -1.95. The van der Waals surface area contributed by atoms with E-state index in [1.54, 1.807) is 6.07 Å². The van der Waals surface area contributed by atoms with Crippen LogP contribution in [0.1, 0.15) is 20.1 Å². The largest absolute Gasteiger partial charge is 0.481 e. The second-order valence-corrected chi connectivity index (χ2v) is 6.55. The highest BCUT2D eigenvalue weighted by Crippen LogP contribution is 2.29. The van der Waals surface area contributed by atoms with Gasteiger partial charge in [-0.05, 0) is 41.9 Å². The zero-order valence-corrected chi connectivity index (χ0v) is 13.2. The van der Waals surface area contributed by atoms with Gasteiger partial charge in [-0.2, -0.15) is 0 Å². The Morgan fingerprint density at radius 1 is 1.30 bits per heavy atom. The van der Waals surface area contributed by atoms with Crippen molar-refractivity contribution in [3.63, 3.8) is 0 Å². The Morgan fingerprint density at radius 2 is 2.00 bits per heavy atom. The Labute approximate surface area is 127 Å². The molecule has 0 saturated carbocycles. The van der Waals surface area contributed by atoms with E-state index < -0.39 is 11.6 Å². The van der Waals surface area contributed by atoms with Crippen LogP contribution in [0.25, 0.3) is 0 Å². The zero-order valence-electron chi connectivity index (χ0n) is 10.8. The quantitative estimate of drug-likeness (QED) is 0.740. The Hall–Kier alpha value is -1.27. The Morgan fingerprint density at radius 3 is 2.55 bits per heavy atom. The third-order valence-electron chi connectivity index (χ3n) is 2.65. The monoisotopic (exact) mass is 360 g/mol. The number of ether oxygens (including phenoxy) is 1. The van der Waals surface area contributed by atoms with E-state index in [4.69, 9.17) is 4.74 Å². The molecular weight excluding hydrogens is 350 g/mol. The maximum absolute atomic E-state index is 13.5. The van der Waals surface area contributed by atoms with Gasteiger partial charge in [0.25, 0.3) is 0 Å². The van der Waals surface area contributed by atoms with Gasteiger partial charge in [0.2, 0.25) is 5.78 Å². The molecule has 1 heterocycles. The number of benzene rings is 1. The Balaban J connectivity index is 2.13. The summed E-state index contributed by atoms with van der Waals surface area (Å²) in [6.07, 6.45) is 0. The number of thiophene rings is 1. The molecule has 0 aliphatic carbocycles. The number of hydrogen-bond donors (Lipinski definition) is 0. The molecule has 0 saturated heterocycles. The van der Waals surface area contributed by atoms with Crippen molar-refractivity contribution in [1.82, 2.24) is 0 Å². The lowest BCUT2D eigenvalue weighted by Gasteiger charge is -2.08. The summed E-state index contributed by atoms with van der Waals surface area (Å²) in [5, 5.41) is 0. The molecule has 0 amide bonds. The molecule has 2 aromatic rings. The van der Waals surface area contributed by atoms with Crippen molar-refractivity contribution < 1.29 is 18.3 Å². The van der Waals surface area contributed by atoms with Crippen molar-refractivity contribution in [1.29, 1.82) is 0 Å². The molecule has 0 aliphatic rings. The third kappa shape index (κ3) is 3.24. The van der Waals surface area contributed by atoms with E-state index in [1.807, 2.05) is 13.8 Å².